The van der Waals surface area contributed by atoms with Crippen molar-refractivity contribution in [3.05, 3.63) is 58.8 Å². The highest BCUT2D eigenvalue weighted by Gasteiger charge is 2.24. The van der Waals surface area contributed by atoms with Gasteiger partial charge in [-0.2, -0.15) is 0 Å². The Hall–Kier alpha value is -3.28. The number of ether oxygens (including phenoxy) is 4. The van der Waals surface area contributed by atoms with Gasteiger partial charge >= 0.3 is 5.97 Å². The van der Waals surface area contributed by atoms with Crippen LogP contribution in [0.3, 0.4) is 0 Å². The van der Waals surface area contributed by atoms with Gasteiger partial charge in [0.25, 0.3) is 0 Å². The van der Waals surface area contributed by atoms with Crippen LogP contribution in [0.15, 0.2) is 47.1 Å². The predicted octanol–water partition coefficient (Wildman–Crippen LogP) is 3.37. The largest absolute Gasteiger partial charge is 0.493 e. The first-order chi connectivity index (χ1) is 12.5. The van der Waals surface area contributed by atoms with Gasteiger partial charge in [0.05, 0.1) is 21.3 Å². The third-order valence-corrected chi connectivity index (χ3v) is 3.88. The summed E-state index contributed by atoms with van der Waals surface area (Å²) >= 11 is 0. The molecule has 2 aromatic rings. The van der Waals surface area contributed by atoms with Crippen LogP contribution >= 0.6 is 0 Å². The van der Waals surface area contributed by atoms with Gasteiger partial charge in [0, 0.05) is 5.56 Å². The number of aryl methyl sites for hydroxylation is 1. The second kappa shape index (κ2) is 7.31. The molecular formula is C20H19NO5. The standard InChI is InChI=1S/C20H19NO5/c1-12-6-5-7-14(8-12)19-21-15(20(22)26-19)9-13-10-16(23-2)18(25-4)17(11-13)24-3/h5-11H,1-4H3/b15-9-. The van der Waals surface area contributed by atoms with E-state index >= 15 is 0 Å². The van der Waals surface area contributed by atoms with Crippen LogP contribution in [0.2, 0.25) is 0 Å². The zero-order valence-electron chi connectivity index (χ0n) is 15.0. The van der Waals surface area contributed by atoms with E-state index in [-0.39, 0.29) is 11.6 Å². The Labute approximate surface area is 151 Å². The summed E-state index contributed by atoms with van der Waals surface area (Å²) in [7, 11) is 4.60. The molecule has 26 heavy (non-hydrogen) atoms. The summed E-state index contributed by atoms with van der Waals surface area (Å²) in [6, 6.07) is 11.1. The Balaban J connectivity index is 2.00. The van der Waals surface area contributed by atoms with Crippen LogP contribution in [0, 0.1) is 6.92 Å². The number of benzene rings is 2. The molecule has 3 rings (SSSR count). The van der Waals surface area contributed by atoms with Crippen LogP contribution in [-0.4, -0.2) is 33.2 Å². The maximum atomic E-state index is 12.2. The van der Waals surface area contributed by atoms with Crippen molar-refractivity contribution in [2.45, 2.75) is 6.92 Å². The first-order valence-corrected chi connectivity index (χ1v) is 7.95. The van der Waals surface area contributed by atoms with Gasteiger partial charge in [-0.25, -0.2) is 9.79 Å². The average molecular weight is 353 g/mol. The molecule has 0 bridgehead atoms. The highest BCUT2D eigenvalue weighted by Crippen LogP contribution is 2.39. The molecule has 6 heteroatoms. The van der Waals surface area contributed by atoms with Gasteiger partial charge in [-0.05, 0) is 42.8 Å². The predicted molar refractivity (Wildman–Crippen MR) is 97.9 cm³/mol. The summed E-state index contributed by atoms with van der Waals surface area (Å²) in [6.45, 7) is 1.97. The van der Waals surface area contributed by atoms with Gasteiger partial charge in [-0.3, -0.25) is 0 Å². The normalized spacial score (nSPS) is 14.8. The maximum Gasteiger partial charge on any atom is 0.363 e. The number of hydrogen-bond acceptors (Lipinski definition) is 6. The molecule has 0 saturated heterocycles. The summed E-state index contributed by atoms with van der Waals surface area (Å²) in [5, 5.41) is 0. The molecule has 0 aliphatic carbocycles. The van der Waals surface area contributed by atoms with Crippen LogP contribution < -0.4 is 14.2 Å². The monoisotopic (exact) mass is 353 g/mol. The van der Waals surface area contributed by atoms with Gasteiger partial charge in [0.15, 0.2) is 17.2 Å². The van der Waals surface area contributed by atoms with Crippen molar-refractivity contribution >= 4 is 17.9 Å². The molecule has 0 amide bonds. The van der Waals surface area contributed by atoms with Crippen LogP contribution in [0.5, 0.6) is 17.2 Å². The number of carbonyl (C=O) groups is 1. The van der Waals surface area contributed by atoms with E-state index in [1.165, 1.54) is 21.3 Å². The highest BCUT2D eigenvalue weighted by molar-refractivity contribution is 6.12. The van der Waals surface area contributed by atoms with E-state index < -0.39 is 5.97 Å². The van der Waals surface area contributed by atoms with Gasteiger partial charge in [-0.1, -0.05) is 17.7 Å². The van der Waals surface area contributed by atoms with Crippen molar-refractivity contribution in [2.24, 2.45) is 4.99 Å². The summed E-state index contributed by atoms with van der Waals surface area (Å²) in [5.74, 6) is 1.25. The second-order valence-electron chi connectivity index (χ2n) is 5.66. The van der Waals surface area contributed by atoms with E-state index in [9.17, 15) is 4.79 Å². The zero-order valence-corrected chi connectivity index (χ0v) is 15.0. The Morgan fingerprint density at radius 3 is 2.27 bits per heavy atom. The van der Waals surface area contributed by atoms with E-state index in [0.29, 0.717) is 22.8 Å². The molecule has 1 heterocycles. The van der Waals surface area contributed by atoms with Crippen molar-refractivity contribution in [2.75, 3.05) is 21.3 Å². The van der Waals surface area contributed by atoms with Gasteiger partial charge in [0.2, 0.25) is 11.6 Å². The number of hydrogen-bond donors (Lipinski definition) is 0. The van der Waals surface area contributed by atoms with Crippen LogP contribution in [0.4, 0.5) is 0 Å². The Kier molecular flexibility index (Phi) is 4.93. The van der Waals surface area contributed by atoms with Crippen LogP contribution in [0.25, 0.3) is 6.08 Å². The number of aliphatic imine (C=N–C) groups is 1. The Morgan fingerprint density at radius 2 is 1.69 bits per heavy atom. The molecule has 6 nitrogen and oxygen atoms in total. The fourth-order valence-corrected chi connectivity index (χ4v) is 2.65. The molecule has 134 valence electrons. The molecule has 0 atom stereocenters. The molecule has 0 saturated carbocycles. The number of esters is 1. The number of nitrogens with zero attached hydrogens (tertiary/aromatic N) is 1. The molecule has 1 aliphatic heterocycles. The van der Waals surface area contributed by atoms with Crippen LogP contribution in [-0.2, 0) is 9.53 Å². The number of cyclic esters (lactones) is 1. The molecule has 0 radical (unpaired) electrons. The third-order valence-electron chi connectivity index (χ3n) is 3.88. The maximum absolute atomic E-state index is 12.2. The van der Waals surface area contributed by atoms with E-state index in [2.05, 4.69) is 4.99 Å². The molecule has 2 aromatic carbocycles. The first kappa shape index (κ1) is 17.5. The average Bonchev–Trinajstić information content (AvgIpc) is 3.01. The van der Waals surface area contributed by atoms with Crippen molar-refractivity contribution in [3.63, 3.8) is 0 Å². The fraction of sp³-hybridized carbons (Fsp3) is 0.200. The fourth-order valence-electron chi connectivity index (χ4n) is 2.65. The smallest absolute Gasteiger partial charge is 0.363 e. The van der Waals surface area contributed by atoms with Gasteiger partial charge < -0.3 is 18.9 Å². The highest BCUT2D eigenvalue weighted by atomic mass is 16.6. The van der Waals surface area contributed by atoms with Crippen molar-refractivity contribution in [3.8, 4) is 17.2 Å². The third kappa shape index (κ3) is 3.39. The number of rotatable bonds is 5. The zero-order chi connectivity index (χ0) is 18.7. The van der Waals surface area contributed by atoms with Crippen molar-refractivity contribution in [1.82, 2.24) is 0 Å². The Morgan fingerprint density at radius 1 is 1.00 bits per heavy atom. The van der Waals surface area contributed by atoms with Gasteiger partial charge in [-0.15, -0.1) is 0 Å². The molecular weight excluding hydrogens is 334 g/mol. The number of methoxy groups -OCH3 is 3. The van der Waals surface area contributed by atoms with Crippen molar-refractivity contribution in [1.29, 1.82) is 0 Å². The lowest BCUT2D eigenvalue weighted by Gasteiger charge is -2.12. The lowest BCUT2D eigenvalue weighted by atomic mass is 10.1. The second-order valence-corrected chi connectivity index (χ2v) is 5.66. The lowest BCUT2D eigenvalue weighted by molar-refractivity contribution is -0.129. The number of carbonyl (C=O) groups excluding carboxylic acids is 1. The summed E-state index contributed by atoms with van der Waals surface area (Å²) in [4.78, 5) is 16.5. The topological polar surface area (TPSA) is 66.4 Å². The molecule has 0 unspecified atom stereocenters. The lowest BCUT2D eigenvalue weighted by Crippen LogP contribution is -2.05. The molecule has 0 fully saturated rings. The van der Waals surface area contributed by atoms with E-state index in [1.807, 2.05) is 31.2 Å². The molecule has 1 aliphatic rings. The minimum Gasteiger partial charge on any atom is -0.493 e. The molecule has 0 spiro atoms. The van der Waals surface area contributed by atoms with E-state index in [4.69, 9.17) is 18.9 Å². The summed E-state index contributed by atoms with van der Waals surface area (Å²) in [5.41, 5.74) is 2.70. The van der Waals surface area contributed by atoms with E-state index in [1.54, 1.807) is 18.2 Å². The SMILES string of the molecule is COc1cc(/C=C2\N=C(c3cccc(C)c3)OC2=O)cc(OC)c1OC. The van der Waals surface area contributed by atoms with Crippen LogP contribution in [0.1, 0.15) is 16.7 Å². The minimum absolute atomic E-state index is 0.204. The Bertz CT molecular complexity index is 889. The summed E-state index contributed by atoms with van der Waals surface area (Å²) in [6.07, 6.45) is 1.62. The first-order valence-electron chi connectivity index (χ1n) is 7.95. The molecule has 0 N–H and O–H groups in total. The van der Waals surface area contributed by atoms with Gasteiger partial charge in [0.1, 0.15) is 0 Å². The van der Waals surface area contributed by atoms with Crippen molar-refractivity contribution < 1.29 is 23.7 Å². The minimum atomic E-state index is -0.504. The quantitative estimate of drug-likeness (QED) is 0.609. The molecule has 0 aromatic heterocycles. The summed E-state index contributed by atoms with van der Waals surface area (Å²) < 4.78 is 21.3. The van der Waals surface area contributed by atoms with E-state index in [0.717, 1.165) is 11.1 Å².